The molecular weight excluding hydrogens is 496 g/mol. The third kappa shape index (κ3) is 50.2. The van der Waals surface area contributed by atoms with Crippen LogP contribution in [-0.4, -0.2) is 9.97 Å². The molecule has 1 heterocycles. The lowest BCUT2D eigenvalue weighted by Crippen LogP contribution is -1.76. The second-order valence-corrected chi connectivity index (χ2v) is 5.31. The Bertz CT molecular complexity index is 701. The number of rotatable bonds is 0. The number of H-pyrrole nitrogens is 1. The number of benzene rings is 2. The van der Waals surface area contributed by atoms with Crippen molar-refractivity contribution < 1.29 is 0 Å². The van der Waals surface area contributed by atoms with Crippen LogP contribution in [0.3, 0.4) is 0 Å². The van der Waals surface area contributed by atoms with E-state index in [9.17, 15) is 0 Å². The molecule has 2 aliphatic carbocycles. The summed E-state index contributed by atoms with van der Waals surface area (Å²) in [5.41, 5.74) is 2.84. The highest BCUT2D eigenvalue weighted by atomic mass is 14.8. The van der Waals surface area contributed by atoms with Crippen LogP contribution in [0.25, 0.3) is 6.08 Å². The first-order valence-electron chi connectivity index (χ1n) is 16.5. The van der Waals surface area contributed by atoms with E-state index in [0.29, 0.717) is 0 Å². The zero-order valence-corrected chi connectivity index (χ0v) is 30.3. The Morgan fingerprint density at radius 3 is 1.20 bits per heavy atom. The fraction of sp³-hybridized carbons (Fsp3) is 0.462. The quantitative estimate of drug-likeness (QED) is 0.287. The molecule has 0 radical (unpaired) electrons. The highest BCUT2D eigenvalue weighted by Crippen LogP contribution is 2.17. The van der Waals surface area contributed by atoms with Gasteiger partial charge in [0.05, 0.1) is 6.33 Å². The fourth-order valence-corrected chi connectivity index (χ4v) is 2.19. The van der Waals surface area contributed by atoms with E-state index in [0.717, 1.165) is 12.8 Å². The maximum absolute atomic E-state index is 3.67. The Labute approximate surface area is 260 Å². The van der Waals surface area contributed by atoms with Crippen LogP contribution in [0, 0.1) is 0 Å². The molecule has 1 N–H and O–H groups in total. The molecule has 2 aromatic carbocycles. The van der Waals surface area contributed by atoms with Crippen molar-refractivity contribution in [2.24, 2.45) is 0 Å². The number of imidazole rings is 1. The summed E-state index contributed by atoms with van der Waals surface area (Å²) in [5.74, 6) is 0. The Morgan fingerprint density at radius 1 is 0.512 bits per heavy atom. The summed E-state index contributed by atoms with van der Waals surface area (Å²) in [4.78, 5) is 6.42. The van der Waals surface area contributed by atoms with Crippen molar-refractivity contribution in [1.82, 2.24) is 9.97 Å². The SMILES string of the molecule is C1=CCC=C1.C1=Cc2ccccc2C1.CC.CC.CC.CC.CC.CC.CC.CC.c1c[nH]cn1.c1ccccc1. The highest BCUT2D eigenvalue weighted by Gasteiger charge is 2.00. The number of nitrogens with zero attached hydrogens (tertiary/aromatic N) is 1. The Hall–Kier alpha value is -3.13. The van der Waals surface area contributed by atoms with Gasteiger partial charge in [-0.1, -0.05) is 208 Å². The van der Waals surface area contributed by atoms with Crippen LogP contribution in [0.2, 0.25) is 0 Å². The van der Waals surface area contributed by atoms with Crippen LogP contribution in [-0.2, 0) is 6.42 Å². The van der Waals surface area contributed by atoms with E-state index in [-0.39, 0.29) is 0 Å². The number of fused-ring (bicyclic) bond motifs is 1. The monoisotopic (exact) mass is 569 g/mol. The summed E-state index contributed by atoms with van der Waals surface area (Å²) < 4.78 is 0. The standard InChI is InChI=1S/C9H8.C6H6.C5H6.C3H4N2.8C2H6/c1-2-5-9-7-3-6-8(9)4-1;1-2-4-6-5-3-1;1-2-4-5-3-1;1-2-5-3-4-1;8*1-2/h1-6H,7H2;1-6H;1-4H,5H2;1-3H,(H,4,5);8*1-2H3. The molecule has 238 valence electrons. The van der Waals surface area contributed by atoms with Gasteiger partial charge in [-0.2, -0.15) is 0 Å². The first-order valence-corrected chi connectivity index (χ1v) is 16.5. The molecule has 0 fully saturated rings. The van der Waals surface area contributed by atoms with Crippen molar-refractivity contribution in [2.45, 2.75) is 124 Å². The summed E-state index contributed by atoms with van der Waals surface area (Å²) in [6, 6.07) is 20.5. The van der Waals surface area contributed by atoms with Crippen LogP contribution in [0.5, 0.6) is 0 Å². The van der Waals surface area contributed by atoms with Gasteiger partial charge in [0.2, 0.25) is 0 Å². The molecule has 2 nitrogen and oxygen atoms in total. The zero-order chi connectivity index (χ0) is 33.4. The minimum atomic E-state index is 1.12. The maximum atomic E-state index is 3.67. The number of nitrogens with one attached hydrogen (secondary N) is 1. The van der Waals surface area contributed by atoms with Crippen molar-refractivity contribution in [3.05, 3.63) is 121 Å². The van der Waals surface area contributed by atoms with Gasteiger partial charge in [-0.3, -0.25) is 0 Å². The largest absolute Gasteiger partial charge is 0.351 e. The summed E-state index contributed by atoms with van der Waals surface area (Å²) in [7, 11) is 0. The van der Waals surface area contributed by atoms with E-state index in [4.69, 9.17) is 0 Å². The highest BCUT2D eigenvalue weighted by molar-refractivity contribution is 5.59. The molecule has 5 rings (SSSR count). The van der Waals surface area contributed by atoms with Gasteiger partial charge in [0, 0.05) is 12.4 Å². The Balaban J connectivity index is -0.0000000657. The predicted molar refractivity (Wildman–Crippen MR) is 198 cm³/mol. The zero-order valence-electron chi connectivity index (χ0n) is 30.3. The number of aromatic amines is 1. The maximum Gasteiger partial charge on any atom is 0.0919 e. The summed E-state index contributed by atoms with van der Waals surface area (Å²) in [6.45, 7) is 32.0. The molecule has 0 spiro atoms. The van der Waals surface area contributed by atoms with Crippen LogP contribution in [0.15, 0.2) is 110 Å². The molecule has 0 bridgehead atoms. The molecule has 0 unspecified atom stereocenters. The molecular formula is C39H72N2. The van der Waals surface area contributed by atoms with Gasteiger partial charge in [0.15, 0.2) is 0 Å². The van der Waals surface area contributed by atoms with E-state index in [1.165, 1.54) is 11.1 Å². The number of hydrogen-bond acceptors (Lipinski definition) is 1. The van der Waals surface area contributed by atoms with Gasteiger partial charge in [-0.25, -0.2) is 4.98 Å². The molecule has 41 heavy (non-hydrogen) atoms. The van der Waals surface area contributed by atoms with Crippen molar-refractivity contribution in [3.8, 4) is 0 Å². The number of allylic oxidation sites excluding steroid dienone is 5. The summed E-state index contributed by atoms with van der Waals surface area (Å²) >= 11 is 0. The lowest BCUT2D eigenvalue weighted by Gasteiger charge is -1.93. The van der Waals surface area contributed by atoms with Gasteiger partial charge < -0.3 is 4.98 Å². The average Bonchev–Trinajstić information content (AvgIpc) is 3.96. The molecule has 2 heteroatoms. The second kappa shape index (κ2) is 70.9. The third-order valence-corrected chi connectivity index (χ3v) is 3.42. The Morgan fingerprint density at radius 2 is 0.927 bits per heavy atom. The number of hydrogen-bond donors (Lipinski definition) is 1. The van der Waals surface area contributed by atoms with Crippen molar-refractivity contribution in [2.75, 3.05) is 0 Å². The second-order valence-electron chi connectivity index (χ2n) is 5.31. The Kier molecular flexibility index (Phi) is 93.4. The van der Waals surface area contributed by atoms with Crippen LogP contribution >= 0.6 is 0 Å². The smallest absolute Gasteiger partial charge is 0.0919 e. The molecule has 0 saturated carbocycles. The lowest BCUT2D eigenvalue weighted by atomic mass is 10.1. The van der Waals surface area contributed by atoms with Gasteiger partial charge in [-0.05, 0) is 24.0 Å². The lowest BCUT2D eigenvalue weighted by molar-refractivity contribution is 1.31. The molecule has 1 aromatic heterocycles. The van der Waals surface area contributed by atoms with Gasteiger partial charge in [0.25, 0.3) is 0 Å². The number of aromatic nitrogens is 2. The van der Waals surface area contributed by atoms with E-state index in [1.54, 1.807) is 18.7 Å². The van der Waals surface area contributed by atoms with Crippen molar-refractivity contribution >= 4 is 6.08 Å². The molecule has 0 saturated heterocycles. The average molecular weight is 569 g/mol. The third-order valence-electron chi connectivity index (χ3n) is 3.42. The molecule has 0 atom stereocenters. The molecule has 3 aromatic rings. The predicted octanol–water partition coefficient (Wildman–Crippen LogP) is 14.1. The van der Waals surface area contributed by atoms with Gasteiger partial charge >= 0.3 is 0 Å². The van der Waals surface area contributed by atoms with Crippen LogP contribution < -0.4 is 0 Å². The summed E-state index contributed by atoms with van der Waals surface area (Å²) in [5, 5.41) is 0. The van der Waals surface area contributed by atoms with Gasteiger partial charge in [-0.15, -0.1) is 0 Å². The van der Waals surface area contributed by atoms with E-state index in [1.807, 2.05) is 147 Å². The van der Waals surface area contributed by atoms with Crippen LogP contribution in [0.4, 0.5) is 0 Å². The van der Waals surface area contributed by atoms with E-state index >= 15 is 0 Å². The molecule has 0 amide bonds. The normalized spacial score (nSPS) is 8.49. The topological polar surface area (TPSA) is 28.7 Å². The van der Waals surface area contributed by atoms with E-state index < -0.39 is 0 Å². The molecule has 0 aliphatic heterocycles. The first kappa shape index (κ1) is 54.0. The van der Waals surface area contributed by atoms with Crippen molar-refractivity contribution in [3.63, 3.8) is 0 Å². The summed E-state index contributed by atoms with van der Waals surface area (Å²) in [6.07, 6.45) is 20.1. The minimum absolute atomic E-state index is 1.12. The van der Waals surface area contributed by atoms with E-state index in [2.05, 4.69) is 70.7 Å². The first-order chi connectivity index (χ1) is 20.5. The molecule has 2 aliphatic rings. The van der Waals surface area contributed by atoms with Crippen molar-refractivity contribution in [1.29, 1.82) is 0 Å². The van der Waals surface area contributed by atoms with Gasteiger partial charge in [0.1, 0.15) is 0 Å². The fourth-order valence-electron chi connectivity index (χ4n) is 2.19. The van der Waals surface area contributed by atoms with Crippen LogP contribution in [0.1, 0.15) is 128 Å². The minimum Gasteiger partial charge on any atom is -0.351 e.